The van der Waals surface area contributed by atoms with E-state index < -0.39 is 5.60 Å². The van der Waals surface area contributed by atoms with Gasteiger partial charge in [0, 0.05) is 45.0 Å². The van der Waals surface area contributed by atoms with Crippen molar-refractivity contribution in [3.05, 3.63) is 17.0 Å². The summed E-state index contributed by atoms with van der Waals surface area (Å²) < 4.78 is 7.40. The summed E-state index contributed by atoms with van der Waals surface area (Å²) in [6, 6.07) is 0. The van der Waals surface area contributed by atoms with Gasteiger partial charge in [-0.1, -0.05) is 0 Å². The Balaban J connectivity index is 1.95. The maximum absolute atomic E-state index is 12.3. The summed E-state index contributed by atoms with van der Waals surface area (Å²) in [4.78, 5) is 18.8. The van der Waals surface area contributed by atoms with Crippen molar-refractivity contribution in [3.8, 4) is 0 Å². The molecule has 7 nitrogen and oxygen atoms in total. The molecular weight excluding hydrogens is 318 g/mol. The number of guanidine groups is 1. The van der Waals surface area contributed by atoms with Crippen LogP contribution in [0.4, 0.5) is 0 Å². The number of esters is 1. The van der Waals surface area contributed by atoms with Crippen molar-refractivity contribution in [2.24, 2.45) is 18.0 Å². The Hall–Kier alpha value is -2.05. The largest absolute Gasteiger partial charge is 0.460 e. The van der Waals surface area contributed by atoms with Gasteiger partial charge in [0.05, 0.1) is 11.6 Å². The smallest absolute Gasteiger partial charge is 0.311 e. The van der Waals surface area contributed by atoms with Crippen LogP contribution in [-0.4, -0.2) is 52.3 Å². The van der Waals surface area contributed by atoms with E-state index in [1.807, 2.05) is 39.4 Å². The van der Waals surface area contributed by atoms with Crippen LogP contribution in [0, 0.1) is 19.8 Å². The van der Waals surface area contributed by atoms with Crippen LogP contribution in [0.2, 0.25) is 0 Å². The van der Waals surface area contributed by atoms with E-state index in [9.17, 15) is 4.79 Å². The van der Waals surface area contributed by atoms with Crippen LogP contribution in [0.15, 0.2) is 4.99 Å². The Labute approximate surface area is 150 Å². The van der Waals surface area contributed by atoms with Gasteiger partial charge in [-0.25, -0.2) is 0 Å². The monoisotopic (exact) mass is 349 g/mol. The van der Waals surface area contributed by atoms with E-state index in [4.69, 9.17) is 4.74 Å². The van der Waals surface area contributed by atoms with Gasteiger partial charge >= 0.3 is 5.97 Å². The molecule has 25 heavy (non-hydrogen) atoms. The number of carbonyl (C=O) groups is 1. The third kappa shape index (κ3) is 4.74. The number of ether oxygens (including phenoxy) is 1. The van der Waals surface area contributed by atoms with Gasteiger partial charge in [-0.15, -0.1) is 0 Å². The maximum atomic E-state index is 12.3. The molecule has 0 aromatic carbocycles. The molecule has 0 amide bonds. The average molecular weight is 349 g/mol. The van der Waals surface area contributed by atoms with Crippen LogP contribution in [-0.2, 0) is 23.1 Å². The van der Waals surface area contributed by atoms with Gasteiger partial charge in [-0.2, -0.15) is 5.10 Å². The molecule has 1 aromatic rings. The van der Waals surface area contributed by atoms with Gasteiger partial charge in [-0.05, 0) is 41.0 Å². The Morgan fingerprint density at radius 2 is 2.08 bits per heavy atom. The molecule has 1 aliphatic rings. The third-order valence-electron chi connectivity index (χ3n) is 4.52. The van der Waals surface area contributed by atoms with Gasteiger partial charge in [0.1, 0.15) is 5.60 Å². The quantitative estimate of drug-likeness (QED) is 0.512. The Bertz CT molecular complexity index is 657. The highest BCUT2D eigenvalue weighted by Gasteiger charge is 2.33. The maximum Gasteiger partial charge on any atom is 0.311 e. The van der Waals surface area contributed by atoms with Crippen LogP contribution in [0.3, 0.4) is 0 Å². The Morgan fingerprint density at radius 3 is 2.60 bits per heavy atom. The van der Waals surface area contributed by atoms with Crippen LogP contribution in [0.25, 0.3) is 0 Å². The first-order valence-electron chi connectivity index (χ1n) is 8.80. The summed E-state index contributed by atoms with van der Waals surface area (Å²) in [5.41, 5.74) is 2.91. The number of hydrogen-bond acceptors (Lipinski definition) is 4. The minimum Gasteiger partial charge on any atom is -0.460 e. The Morgan fingerprint density at radius 1 is 1.40 bits per heavy atom. The first-order valence-corrected chi connectivity index (χ1v) is 8.80. The van der Waals surface area contributed by atoms with Crippen LogP contribution in [0.5, 0.6) is 0 Å². The number of rotatable bonds is 3. The van der Waals surface area contributed by atoms with Crippen molar-refractivity contribution in [1.29, 1.82) is 0 Å². The third-order valence-corrected chi connectivity index (χ3v) is 4.52. The summed E-state index contributed by atoms with van der Waals surface area (Å²) >= 11 is 0. The fourth-order valence-corrected chi connectivity index (χ4v) is 3.10. The van der Waals surface area contributed by atoms with Crippen LogP contribution >= 0.6 is 0 Å². The zero-order valence-corrected chi connectivity index (χ0v) is 16.5. The number of hydrogen-bond donors (Lipinski definition) is 1. The SMILES string of the molecule is CN=C(NCc1c(C)nn(C)c1C)N1CCC(C(=O)OC(C)(C)C)C1. The number of nitrogens with one attached hydrogen (secondary N) is 1. The zero-order chi connectivity index (χ0) is 18.8. The standard InChI is InChI=1S/C18H31N5O2/c1-12-15(13(2)22(7)21-12)10-20-17(19-6)23-9-8-14(11-23)16(24)25-18(3,4)5/h14H,8-11H2,1-7H3,(H,19,20). The molecule has 7 heteroatoms. The van der Waals surface area contributed by atoms with Crippen molar-refractivity contribution in [3.63, 3.8) is 0 Å². The summed E-state index contributed by atoms with van der Waals surface area (Å²) in [6.07, 6.45) is 0.792. The van der Waals surface area contributed by atoms with E-state index in [-0.39, 0.29) is 11.9 Å². The van der Waals surface area contributed by atoms with Crippen molar-refractivity contribution in [1.82, 2.24) is 20.0 Å². The van der Waals surface area contributed by atoms with Crippen molar-refractivity contribution in [2.75, 3.05) is 20.1 Å². The molecule has 140 valence electrons. The van der Waals surface area contributed by atoms with E-state index in [1.54, 1.807) is 7.05 Å². The fraction of sp³-hybridized carbons (Fsp3) is 0.722. The summed E-state index contributed by atoms with van der Waals surface area (Å²) in [5, 5.41) is 7.84. The number of aryl methyl sites for hydroxylation is 2. The molecule has 2 heterocycles. The molecule has 0 bridgehead atoms. The fourth-order valence-electron chi connectivity index (χ4n) is 3.10. The molecule has 1 N–H and O–H groups in total. The normalized spacial score (nSPS) is 18.6. The topological polar surface area (TPSA) is 71.8 Å². The molecule has 1 atom stereocenters. The predicted molar refractivity (Wildman–Crippen MR) is 98.4 cm³/mol. The predicted octanol–water partition coefficient (Wildman–Crippen LogP) is 1.78. The molecule has 0 saturated carbocycles. The molecule has 1 unspecified atom stereocenters. The lowest BCUT2D eigenvalue weighted by atomic mass is 10.1. The van der Waals surface area contributed by atoms with Gasteiger partial charge < -0.3 is 15.0 Å². The average Bonchev–Trinajstić information content (AvgIpc) is 3.07. The van der Waals surface area contributed by atoms with Crippen molar-refractivity contribution < 1.29 is 9.53 Å². The van der Waals surface area contributed by atoms with E-state index in [0.717, 1.165) is 30.3 Å². The number of aliphatic imine (C=N–C) groups is 1. The molecular formula is C18H31N5O2. The van der Waals surface area contributed by atoms with Crippen molar-refractivity contribution in [2.45, 2.75) is 53.2 Å². The molecule has 1 aromatic heterocycles. The lowest BCUT2D eigenvalue weighted by Crippen LogP contribution is -2.40. The van der Waals surface area contributed by atoms with E-state index in [0.29, 0.717) is 13.1 Å². The van der Waals surface area contributed by atoms with E-state index in [2.05, 4.69) is 27.2 Å². The molecule has 2 rings (SSSR count). The first kappa shape index (κ1) is 19.3. The summed E-state index contributed by atoms with van der Waals surface area (Å²) in [5.74, 6) is 0.595. The first-order chi connectivity index (χ1) is 11.6. The highest BCUT2D eigenvalue weighted by molar-refractivity contribution is 5.82. The highest BCUT2D eigenvalue weighted by atomic mass is 16.6. The highest BCUT2D eigenvalue weighted by Crippen LogP contribution is 2.21. The minimum absolute atomic E-state index is 0.0976. The van der Waals surface area contributed by atoms with Gasteiger partial charge in [0.15, 0.2) is 5.96 Å². The minimum atomic E-state index is -0.445. The summed E-state index contributed by atoms with van der Waals surface area (Å²) in [6.45, 7) is 11.9. The van der Waals surface area contributed by atoms with Crippen LogP contribution < -0.4 is 5.32 Å². The Kier molecular flexibility index (Phi) is 5.75. The molecule has 0 radical (unpaired) electrons. The number of carbonyl (C=O) groups excluding carboxylic acids is 1. The second kappa shape index (κ2) is 7.45. The molecule has 1 aliphatic heterocycles. The van der Waals surface area contributed by atoms with Gasteiger partial charge in [0.25, 0.3) is 0 Å². The molecule has 1 saturated heterocycles. The second-order valence-electron chi connectivity index (χ2n) is 7.64. The molecule has 0 spiro atoms. The number of aromatic nitrogens is 2. The second-order valence-corrected chi connectivity index (χ2v) is 7.64. The molecule has 0 aliphatic carbocycles. The zero-order valence-electron chi connectivity index (χ0n) is 16.5. The lowest BCUT2D eigenvalue weighted by molar-refractivity contribution is -0.159. The lowest BCUT2D eigenvalue weighted by Gasteiger charge is -2.23. The van der Waals surface area contributed by atoms with E-state index >= 15 is 0 Å². The number of likely N-dealkylation sites (tertiary alicyclic amines) is 1. The number of nitrogens with zero attached hydrogens (tertiary/aromatic N) is 4. The van der Waals surface area contributed by atoms with Crippen LogP contribution in [0.1, 0.15) is 44.1 Å². The summed E-state index contributed by atoms with van der Waals surface area (Å²) in [7, 11) is 3.72. The molecule has 1 fully saturated rings. The van der Waals surface area contributed by atoms with Gasteiger partial charge in [-0.3, -0.25) is 14.5 Å². The van der Waals surface area contributed by atoms with Gasteiger partial charge in [0.2, 0.25) is 0 Å². The van der Waals surface area contributed by atoms with Crippen molar-refractivity contribution >= 4 is 11.9 Å². The van der Waals surface area contributed by atoms with E-state index in [1.165, 1.54) is 5.56 Å².